The van der Waals surface area contributed by atoms with Crippen LogP contribution in [0.25, 0.3) is 0 Å². The van der Waals surface area contributed by atoms with Gasteiger partial charge in [0.15, 0.2) is 0 Å². The lowest BCUT2D eigenvalue weighted by atomic mass is 9.44. The summed E-state index contributed by atoms with van der Waals surface area (Å²) < 4.78 is 0. The maximum atomic E-state index is 12.5. The molecule has 200 valence electrons. The number of amides is 1. The van der Waals surface area contributed by atoms with E-state index in [1.807, 2.05) is 13.8 Å². The molecule has 0 heterocycles. The molecule has 6 heteroatoms. The van der Waals surface area contributed by atoms with Gasteiger partial charge in [-0.25, -0.2) is 4.79 Å². The number of hydrogen-bond donors (Lipinski definition) is 4. The summed E-state index contributed by atoms with van der Waals surface area (Å²) in [7, 11) is 0. The van der Waals surface area contributed by atoms with E-state index in [1.54, 1.807) is 0 Å². The van der Waals surface area contributed by atoms with Gasteiger partial charge in [-0.3, -0.25) is 4.79 Å². The van der Waals surface area contributed by atoms with Crippen LogP contribution in [-0.2, 0) is 9.59 Å². The first-order valence-corrected chi connectivity index (χ1v) is 14.3. The summed E-state index contributed by atoms with van der Waals surface area (Å²) in [5, 5.41) is 33.6. The van der Waals surface area contributed by atoms with Crippen molar-refractivity contribution in [2.75, 3.05) is 0 Å². The standard InChI is InChI=1S/C29H49NO5/c1-16(2)26(27(34)35)30-25(33)9-6-17(3)20-7-8-21-19-15-24(32)23-14-18(31)10-12-29(23,5)22(19)11-13-28(20,21)4/h16-24,26,31-32H,6-15H2,1-5H3,(H,30,33)(H,34,35). The van der Waals surface area contributed by atoms with Gasteiger partial charge in [-0.1, -0.05) is 34.6 Å². The maximum absolute atomic E-state index is 12.5. The van der Waals surface area contributed by atoms with Gasteiger partial charge >= 0.3 is 5.97 Å². The van der Waals surface area contributed by atoms with Crippen molar-refractivity contribution in [1.82, 2.24) is 5.32 Å². The van der Waals surface area contributed by atoms with Gasteiger partial charge in [-0.05, 0) is 110 Å². The monoisotopic (exact) mass is 491 g/mol. The van der Waals surface area contributed by atoms with Crippen molar-refractivity contribution in [3.8, 4) is 0 Å². The molecule has 4 saturated carbocycles. The number of nitrogens with one attached hydrogen (secondary N) is 1. The van der Waals surface area contributed by atoms with E-state index in [1.165, 1.54) is 25.7 Å². The van der Waals surface area contributed by atoms with Crippen LogP contribution in [0.3, 0.4) is 0 Å². The van der Waals surface area contributed by atoms with Gasteiger partial charge in [0.25, 0.3) is 0 Å². The van der Waals surface area contributed by atoms with E-state index in [2.05, 4.69) is 26.1 Å². The minimum atomic E-state index is -0.970. The van der Waals surface area contributed by atoms with Crippen LogP contribution in [0.15, 0.2) is 0 Å². The molecule has 4 N–H and O–H groups in total. The van der Waals surface area contributed by atoms with Crippen LogP contribution in [0.4, 0.5) is 0 Å². The number of carboxylic acid groups (broad SMARTS) is 1. The fourth-order valence-corrected chi connectivity index (χ4v) is 9.57. The fraction of sp³-hybridized carbons (Fsp3) is 0.931. The van der Waals surface area contributed by atoms with Crippen molar-refractivity contribution in [2.24, 2.45) is 52.3 Å². The predicted octanol–water partition coefficient (Wildman–Crippen LogP) is 4.62. The van der Waals surface area contributed by atoms with E-state index in [9.17, 15) is 24.9 Å². The molecule has 0 spiro atoms. The second-order valence-electron chi connectivity index (χ2n) is 13.6. The number of rotatable bonds is 7. The second kappa shape index (κ2) is 9.96. The second-order valence-corrected chi connectivity index (χ2v) is 13.6. The van der Waals surface area contributed by atoms with Crippen LogP contribution in [0.1, 0.15) is 98.8 Å². The van der Waals surface area contributed by atoms with E-state index < -0.39 is 12.0 Å². The molecule has 4 aliphatic carbocycles. The number of hydrogen-bond acceptors (Lipinski definition) is 4. The van der Waals surface area contributed by atoms with E-state index in [4.69, 9.17) is 0 Å². The Bertz CT molecular complexity index is 800. The van der Waals surface area contributed by atoms with Crippen molar-refractivity contribution in [3.63, 3.8) is 0 Å². The van der Waals surface area contributed by atoms with Crippen LogP contribution in [0, 0.1) is 52.3 Å². The minimum Gasteiger partial charge on any atom is -0.480 e. The Labute approximate surface area is 211 Å². The van der Waals surface area contributed by atoms with E-state index in [0.717, 1.165) is 32.1 Å². The third kappa shape index (κ3) is 4.79. The zero-order valence-electron chi connectivity index (χ0n) is 22.5. The summed E-state index contributed by atoms with van der Waals surface area (Å²) >= 11 is 0. The Hall–Kier alpha value is -1.14. The molecule has 0 radical (unpaired) electrons. The predicted molar refractivity (Wildman–Crippen MR) is 135 cm³/mol. The van der Waals surface area contributed by atoms with Gasteiger partial charge in [0.05, 0.1) is 12.2 Å². The van der Waals surface area contributed by atoms with Crippen LogP contribution in [0.2, 0.25) is 0 Å². The minimum absolute atomic E-state index is 0.140. The summed E-state index contributed by atoms with van der Waals surface area (Å²) in [6.45, 7) is 10.8. The Balaban J connectivity index is 1.41. The molecule has 0 bridgehead atoms. The smallest absolute Gasteiger partial charge is 0.326 e. The van der Waals surface area contributed by atoms with Crippen molar-refractivity contribution < 1.29 is 24.9 Å². The number of carboxylic acids is 1. The van der Waals surface area contributed by atoms with Crippen LogP contribution >= 0.6 is 0 Å². The molecule has 4 aliphatic rings. The Morgan fingerprint density at radius 2 is 1.57 bits per heavy atom. The molecule has 0 aromatic carbocycles. The number of aliphatic carboxylic acids is 1. The molecule has 0 aromatic heterocycles. The van der Waals surface area contributed by atoms with Crippen LogP contribution < -0.4 is 5.32 Å². The average molecular weight is 492 g/mol. The number of aliphatic hydroxyl groups is 2. The Morgan fingerprint density at radius 3 is 2.23 bits per heavy atom. The third-order valence-corrected chi connectivity index (χ3v) is 11.5. The van der Waals surface area contributed by atoms with Crippen molar-refractivity contribution in [3.05, 3.63) is 0 Å². The van der Waals surface area contributed by atoms with Crippen LogP contribution in [0.5, 0.6) is 0 Å². The van der Waals surface area contributed by atoms with Gasteiger partial charge in [-0.15, -0.1) is 0 Å². The zero-order chi connectivity index (χ0) is 25.7. The van der Waals surface area contributed by atoms with Crippen LogP contribution in [-0.4, -0.2) is 45.4 Å². The number of fused-ring (bicyclic) bond motifs is 5. The third-order valence-electron chi connectivity index (χ3n) is 11.5. The summed E-state index contributed by atoms with van der Waals surface area (Å²) in [6.07, 6.45) is 8.97. The van der Waals surface area contributed by atoms with Gasteiger partial charge in [0.2, 0.25) is 5.91 Å². The van der Waals surface area contributed by atoms with Gasteiger partial charge in [0, 0.05) is 6.42 Å². The highest BCUT2D eigenvalue weighted by molar-refractivity contribution is 5.83. The van der Waals surface area contributed by atoms with E-state index in [-0.39, 0.29) is 40.8 Å². The number of aliphatic hydroxyl groups excluding tert-OH is 2. The summed E-state index contributed by atoms with van der Waals surface area (Å²) in [5.41, 5.74) is 0.386. The molecule has 0 aromatic rings. The molecule has 0 aliphatic heterocycles. The molecule has 11 unspecified atom stereocenters. The molecule has 11 atom stereocenters. The topological polar surface area (TPSA) is 107 Å². The SMILES string of the molecule is CC(C)C(NC(=O)CCC(C)C1CCC2C3CC(O)C4CC(O)CCC4(C)C3CCC12C)C(=O)O. The van der Waals surface area contributed by atoms with Gasteiger partial charge in [0.1, 0.15) is 6.04 Å². The zero-order valence-corrected chi connectivity index (χ0v) is 22.5. The molecule has 35 heavy (non-hydrogen) atoms. The Kier molecular flexibility index (Phi) is 7.66. The van der Waals surface area contributed by atoms with Gasteiger partial charge < -0.3 is 20.6 Å². The highest BCUT2D eigenvalue weighted by Crippen LogP contribution is 2.68. The number of carbonyl (C=O) groups is 2. The quantitative estimate of drug-likeness (QED) is 0.416. The average Bonchev–Trinajstić information content (AvgIpc) is 3.14. The summed E-state index contributed by atoms with van der Waals surface area (Å²) in [5.74, 6) is 1.77. The van der Waals surface area contributed by atoms with Crippen molar-refractivity contribution in [1.29, 1.82) is 0 Å². The largest absolute Gasteiger partial charge is 0.480 e. The first-order valence-electron chi connectivity index (χ1n) is 14.3. The van der Waals surface area contributed by atoms with Crippen molar-refractivity contribution >= 4 is 11.9 Å². The maximum Gasteiger partial charge on any atom is 0.326 e. The van der Waals surface area contributed by atoms with Gasteiger partial charge in [-0.2, -0.15) is 0 Å². The fourth-order valence-electron chi connectivity index (χ4n) is 9.57. The normalized spacial score (nSPS) is 44.6. The lowest BCUT2D eigenvalue weighted by Crippen LogP contribution is -2.58. The molecular formula is C29H49NO5. The Morgan fingerprint density at radius 1 is 0.914 bits per heavy atom. The molecule has 4 fully saturated rings. The molecule has 4 rings (SSSR count). The lowest BCUT2D eigenvalue weighted by Gasteiger charge is -2.62. The first-order chi connectivity index (χ1) is 16.4. The van der Waals surface area contributed by atoms with E-state index in [0.29, 0.717) is 36.0 Å². The molecule has 0 saturated heterocycles. The van der Waals surface area contributed by atoms with E-state index >= 15 is 0 Å². The first kappa shape index (κ1) is 26.9. The summed E-state index contributed by atoms with van der Waals surface area (Å²) in [6, 6.07) is -0.828. The highest BCUT2D eigenvalue weighted by Gasteiger charge is 2.62. The molecule has 1 amide bonds. The highest BCUT2D eigenvalue weighted by atomic mass is 16.4. The van der Waals surface area contributed by atoms with Crippen molar-refractivity contribution in [2.45, 2.75) is 117 Å². The number of carbonyl (C=O) groups excluding carboxylic acids is 1. The molecule has 6 nitrogen and oxygen atoms in total. The summed E-state index contributed by atoms with van der Waals surface area (Å²) in [4.78, 5) is 24.0. The lowest BCUT2D eigenvalue weighted by molar-refractivity contribution is -0.172. The molecular weight excluding hydrogens is 442 g/mol.